The highest BCUT2D eigenvalue weighted by molar-refractivity contribution is 6.02. The molecule has 0 aromatic heterocycles. The fourth-order valence-corrected chi connectivity index (χ4v) is 2.54. The monoisotopic (exact) mass is 351 g/mol. The van der Waals surface area contributed by atoms with E-state index in [9.17, 15) is 9.59 Å². The quantitative estimate of drug-likeness (QED) is 0.760. The number of hydrogen-bond acceptors (Lipinski definition) is 6. The number of hydrogen-bond donors (Lipinski definition) is 1. The Morgan fingerprint density at radius 3 is 2.76 bits per heavy atom. The molecular weight excluding hydrogens is 326 g/mol. The van der Waals surface area contributed by atoms with E-state index in [2.05, 4.69) is 5.32 Å². The van der Waals surface area contributed by atoms with Crippen LogP contribution < -0.4 is 10.1 Å². The molecule has 1 amide bonds. The van der Waals surface area contributed by atoms with Crippen molar-refractivity contribution in [1.82, 2.24) is 0 Å². The van der Waals surface area contributed by atoms with Crippen molar-refractivity contribution < 1.29 is 28.5 Å². The van der Waals surface area contributed by atoms with Crippen LogP contribution in [0.5, 0.6) is 5.75 Å². The number of benzene rings is 1. The molecule has 1 aromatic rings. The first-order valence-electron chi connectivity index (χ1n) is 8.35. The van der Waals surface area contributed by atoms with Gasteiger partial charge >= 0.3 is 5.97 Å². The summed E-state index contributed by atoms with van der Waals surface area (Å²) in [4.78, 5) is 24.3. The first kappa shape index (κ1) is 19.2. The molecule has 7 nitrogen and oxygen atoms in total. The molecule has 0 radical (unpaired) electrons. The number of ether oxygens (including phenoxy) is 4. The molecule has 0 bridgehead atoms. The van der Waals surface area contributed by atoms with E-state index in [-0.39, 0.29) is 17.6 Å². The molecule has 1 aliphatic rings. The minimum atomic E-state index is -0.668. The van der Waals surface area contributed by atoms with Crippen LogP contribution in [0.3, 0.4) is 0 Å². The highest BCUT2D eigenvalue weighted by atomic mass is 16.5. The van der Waals surface area contributed by atoms with Gasteiger partial charge in [-0.2, -0.15) is 0 Å². The maximum atomic E-state index is 12.3. The van der Waals surface area contributed by atoms with Gasteiger partial charge in [-0.15, -0.1) is 0 Å². The lowest BCUT2D eigenvalue weighted by Crippen LogP contribution is -2.33. The standard InChI is InChI=1S/C18H25NO6/c1-12(25-11-14-6-4-5-9-24-14)17(20)19-16-8-7-13(22-2)10-15(16)18(21)23-3/h7-8,10,12,14H,4-6,9,11H2,1-3H3,(H,19,20). The molecule has 0 saturated carbocycles. The Morgan fingerprint density at radius 1 is 1.32 bits per heavy atom. The molecule has 1 N–H and O–H groups in total. The SMILES string of the molecule is COC(=O)c1cc(OC)ccc1NC(=O)C(C)OCC1CCCCO1. The summed E-state index contributed by atoms with van der Waals surface area (Å²) in [5, 5.41) is 2.70. The van der Waals surface area contributed by atoms with Crippen LogP contribution >= 0.6 is 0 Å². The van der Waals surface area contributed by atoms with Crippen LogP contribution in [-0.2, 0) is 19.0 Å². The van der Waals surface area contributed by atoms with E-state index in [1.807, 2.05) is 0 Å². The normalized spacial score (nSPS) is 18.3. The molecule has 2 rings (SSSR count). The van der Waals surface area contributed by atoms with Crippen molar-refractivity contribution in [3.63, 3.8) is 0 Å². The molecule has 138 valence electrons. The third-order valence-corrected chi connectivity index (χ3v) is 4.07. The second kappa shape index (κ2) is 9.39. The molecule has 1 fully saturated rings. The summed E-state index contributed by atoms with van der Waals surface area (Å²) in [6.07, 6.45) is 2.50. The second-order valence-corrected chi connectivity index (χ2v) is 5.86. The smallest absolute Gasteiger partial charge is 0.340 e. The lowest BCUT2D eigenvalue weighted by Gasteiger charge is -2.24. The Kier molecular flexibility index (Phi) is 7.21. The zero-order chi connectivity index (χ0) is 18.2. The average Bonchev–Trinajstić information content (AvgIpc) is 2.66. The maximum Gasteiger partial charge on any atom is 0.340 e. The third-order valence-electron chi connectivity index (χ3n) is 4.07. The van der Waals surface area contributed by atoms with E-state index in [4.69, 9.17) is 18.9 Å². The largest absolute Gasteiger partial charge is 0.497 e. The number of amides is 1. The highest BCUT2D eigenvalue weighted by Crippen LogP contribution is 2.23. The molecule has 1 saturated heterocycles. The number of carbonyl (C=O) groups is 2. The van der Waals surface area contributed by atoms with Crippen LogP contribution in [0.2, 0.25) is 0 Å². The number of methoxy groups -OCH3 is 2. The number of anilines is 1. The fraction of sp³-hybridized carbons (Fsp3) is 0.556. The van der Waals surface area contributed by atoms with E-state index in [1.165, 1.54) is 20.3 Å². The van der Waals surface area contributed by atoms with Crippen molar-refractivity contribution in [3.05, 3.63) is 23.8 Å². The molecule has 0 aliphatic carbocycles. The topological polar surface area (TPSA) is 83.1 Å². The predicted octanol–water partition coefficient (Wildman–Crippen LogP) is 2.39. The average molecular weight is 351 g/mol. The number of nitrogens with one attached hydrogen (secondary N) is 1. The summed E-state index contributed by atoms with van der Waals surface area (Å²) in [5.41, 5.74) is 0.569. The minimum Gasteiger partial charge on any atom is -0.497 e. The van der Waals surface area contributed by atoms with Gasteiger partial charge in [0, 0.05) is 6.61 Å². The molecule has 1 heterocycles. The van der Waals surface area contributed by atoms with Crippen LogP contribution in [0, 0.1) is 0 Å². The Hall–Kier alpha value is -2.12. The van der Waals surface area contributed by atoms with Gasteiger partial charge in [-0.25, -0.2) is 4.79 Å². The minimum absolute atomic E-state index is 0.0376. The number of rotatable bonds is 7. The van der Waals surface area contributed by atoms with Gasteiger partial charge in [-0.3, -0.25) is 4.79 Å². The van der Waals surface area contributed by atoms with Crippen LogP contribution in [0.25, 0.3) is 0 Å². The zero-order valence-electron chi connectivity index (χ0n) is 14.9. The first-order valence-corrected chi connectivity index (χ1v) is 8.35. The Bertz CT molecular complexity index is 597. The van der Waals surface area contributed by atoms with Crippen LogP contribution in [0.1, 0.15) is 36.5 Å². The van der Waals surface area contributed by atoms with Crippen LogP contribution in [0.15, 0.2) is 18.2 Å². The third kappa shape index (κ3) is 5.44. The van der Waals surface area contributed by atoms with Gasteiger partial charge in [-0.05, 0) is 44.4 Å². The fourth-order valence-electron chi connectivity index (χ4n) is 2.54. The molecule has 1 aromatic carbocycles. The van der Waals surface area contributed by atoms with Gasteiger partial charge in [0.05, 0.1) is 38.2 Å². The Labute approximate surface area is 147 Å². The molecule has 2 atom stereocenters. The predicted molar refractivity (Wildman–Crippen MR) is 92.0 cm³/mol. The lowest BCUT2D eigenvalue weighted by atomic mass is 10.1. The van der Waals surface area contributed by atoms with Gasteiger partial charge in [0.1, 0.15) is 11.9 Å². The van der Waals surface area contributed by atoms with E-state index in [1.54, 1.807) is 19.1 Å². The lowest BCUT2D eigenvalue weighted by molar-refractivity contribution is -0.130. The molecule has 0 spiro atoms. The molecule has 2 unspecified atom stereocenters. The summed E-state index contributed by atoms with van der Waals surface area (Å²) in [5.74, 6) is -0.401. The van der Waals surface area contributed by atoms with Crippen molar-refractivity contribution in [2.75, 3.05) is 32.8 Å². The maximum absolute atomic E-state index is 12.3. The van der Waals surface area contributed by atoms with E-state index in [0.29, 0.717) is 18.0 Å². The molecular formula is C18H25NO6. The Morgan fingerprint density at radius 2 is 2.12 bits per heavy atom. The highest BCUT2D eigenvalue weighted by Gasteiger charge is 2.21. The van der Waals surface area contributed by atoms with Crippen molar-refractivity contribution >= 4 is 17.6 Å². The van der Waals surface area contributed by atoms with E-state index >= 15 is 0 Å². The second-order valence-electron chi connectivity index (χ2n) is 5.86. The number of esters is 1. The van der Waals surface area contributed by atoms with Crippen LogP contribution in [-0.4, -0.2) is 51.5 Å². The summed E-state index contributed by atoms with van der Waals surface area (Å²) in [7, 11) is 2.78. The van der Waals surface area contributed by atoms with E-state index < -0.39 is 12.1 Å². The van der Waals surface area contributed by atoms with Gasteiger partial charge in [-0.1, -0.05) is 0 Å². The summed E-state index contributed by atoms with van der Waals surface area (Å²) >= 11 is 0. The zero-order valence-corrected chi connectivity index (χ0v) is 14.9. The molecule has 25 heavy (non-hydrogen) atoms. The van der Waals surface area contributed by atoms with Crippen molar-refractivity contribution in [3.8, 4) is 5.75 Å². The van der Waals surface area contributed by atoms with Gasteiger partial charge in [0.15, 0.2) is 0 Å². The van der Waals surface area contributed by atoms with Gasteiger partial charge in [0.25, 0.3) is 5.91 Å². The first-order chi connectivity index (χ1) is 12.0. The Balaban J connectivity index is 1.97. The van der Waals surface area contributed by atoms with Gasteiger partial charge in [0.2, 0.25) is 0 Å². The van der Waals surface area contributed by atoms with E-state index in [0.717, 1.165) is 25.9 Å². The van der Waals surface area contributed by atoms with Gasteiger partial charge < -0.3 is 24.3 Å². The molecule has 1 aliphatic heterocycles. The van der Waals surface area contributed by atoms with Crippen molar-refractivity contribution in [2.45, 2.75) is 38.4 Å². The summed E-state index contributed by atoms with van der Waals surface area (Å²) in [6, 6.07) is 4.77. The van der Waals surface area contributed by atoms with Crippen LogP contribution in [0.4, 0.5) is 5.69 Å². The van der Waals surface area contributed by atoms with Crippen molar-refractivity contribution in [1.29, 1.82) is 0 Å². The summed E-state index contributed by atoms with van der Waals surface area (Å²) in [6.45, 7) is 2.78. The van der Waals surface area contributed by atoms with Crippen molar-refractivity contribution in [2.24, 2.45) is 0 Å². The number of carbonyl (C=O) groups excluding carboxylic acids is 2. The molecule has 7 heteroatoms. The summed E-state index contributed by atoms with van der Waals surface area (Å²) < 4.78 is 21.0.